The summed E-state index contributed by atoms with van der Waals surface area (Å²) < 4.78 is 45.5. The van der Waals surface area contributed by atoms with Gasteiger partial charge in [-0.05, 0) is 48.5 Å². The fourth-order valence-electron chi connectivity index (χ4n) is 3.68. The fraction of sp³-hybridized carbons (Fsp3) is 0.200. The second-order valence-corrected chi connectivity index (χ2v) is 9.66. The zero-order valence-corrected chi connectivity index (χ0v) is 20.8. The van der Waals surface area contributed by atoms with Gasteiger partial charge in [-0.1, -0.05) is 12.1 Å². The van der Waals surface area contributed by atoms with E-state index in [0.29, 0.717) is 17.1 Å². The summed E-state index contributed by atoms with van der Waals surface area (Å²) in [5.74, 6) is 0.655. The van der Waals surface area contributed by atoms with E-state index in [1.807, 2.05) is 0 Å². The molecule has 1 aliphatic rings. The zero-order valence-electron chi connectivity index (χ0n) is 19.9. The van der Waals surface area contributed by atoms with Gasteiger partial charge in [0, 0.05) is 24.7 Å². The molecule has 3 aromatic carbocycles. The number of ether oxygens (including phenoxy) is 3. The molecule has 0 aliphatic carbocycles. The smallest absolute Gasteiger partial charge is 0.338 e. The molecule has 192 valence electrons. The number of nitrogens with zero attached hydrogens (tertiary/aromatic N) is 3. The van der Waals surface area contributed by atoms with Crippen molar-refractivity contribution in [1.82, 2.24) is 4.90 Å². The highest BCUT2D eigenvalue weighted by Crippen LogP contribution is 2.27. The summed E-state index contributed by atoms with van der Waals surface area (Å²) in [5.41, 5.74) is 0.408. The molecule has 1 aliphatic heterocycles. The van der Waals surface area contributed by atoms with Crippen LogP contribution in [0.4, 0.5) is 5.69 Å². The molecular formula is C25H23N3O8S. The number of fused-ring (bicyclic) bond motifs is 1. The quantitative estimate of drug-likeness (QED) is 0.234. The third-order valence-electron chi connectivity index (χ3n) is 5.53. The van der Waals surface area contributed by atoms with Crippen molar-refractivity contribution in [3.8, 4) is 11.5 Å². The molecule has 0 unspecified atom stereocenters. The number of sulfonamides is 1. The highest BCUT2D eigenvalue weighted by molar-refractivity contribution is 7.90. The maximum Gasteiger partial charge on any atom is 0.338 e. The van der Waals surface area contributed by atoms with E-state index in [4.69, 9.17) is 14.2 Å². The summed E-state index contributed by atoms with van der Waals surface area (Å²) in [6.07, 6.45) is -0.854. The number of methoxy groups -OCH3 is 1. The molecule has 0 radical (unpaired) electrons. The topological polar surface area (TPSA) is 138 Å². The number of hydrogen-bond donors (Lipinski definition) is 0. The van der Waals surface area contributed by atoms with Crippen LogP contribution in [-0.2, 0) is 14.8 Å². The molecule has 0 fully saturated rings. The summed E-state index contributed by atoms with van der Waals surface area (Å²) >= 11 is 0. The van der Waals surface area contributed by atoms with Gasteiger partial charge in [-0.3, -0.25) is 10.1 Å². The number of carbonyl (C=O) groups excluding carboxylic acids is 1. The first kappa shape index (κ1) is 25.6. The molecule has 1 atom stereocenters. The van der Waals surface area contributed by atoms with Gasteiger partial charge in [-0.2, -0.15) is 8.42 Å². The molecule has 0 spiro atoms. The monoisotopic (exact) mass is 525 g/mol. The highest BCUT2D eigenvalue weighted by atomic mass is 32.2. The van der Waals surface area contributed by atoms with Crippen molar-refractivity contribution in [1.29, 1.82) is 0 Å². The SMILES string of the molecule is COc1ccc(OC[C@@H](CN(C)C2=NS(=O)(=O)c3ccccc32)OC(=O)c2ccc([N+](=O)[O-])cc2)cc1. The number of benzene rings is 3. The minimum absolute atomic E-state index is 0.0531. The summed E-state index contributed by atoms with van der Waals surface area (Å²) in [5, 5.41) is 10.9. The van der Waals surface area contributed by atoms with E-state index in [-0.39, 0.29) is 35.1 Å². The second-order valence-electron chi connectivity index (χ2n) is 8.08. The number of non-ortho nitro benzene ring substituents is 1. The molecule has 0 aromatic heterocycles. The standard InChI is InChI=1S/C25H23N3O8S/c1-27(24-22-5-3-4-6-23(22)37(32,33)26-24)15-21(16-35-20-13-11-19(34-2)12-14-20)36-25(29)17-7-9-18(10-8-17)28(30)31/h3-14,21H,15-16H2,1-2H3/t21-/m1/s1. The maximum absolute atomic E-state index is 12.8. The Labute approximate surface area is 213 Å². The van der Waals surface area contributed by atoms with Crippen molar-refractivity contribution in [3.63, 3.8) is 0 Å². The maximum atomic E-state index is 12.8. The van der Waals surface area contributed by atoms with E-state index in [1.165, 1.54) is 30.3 Å². The zero-order chi connectivity index (χ0) is 26.6. The molecule has 0 bridgehead atoms. The van der Waals surface area contributed by atoms with Crippen molar-refractivity contribution in [2.24, 2.45) is 4.40 Å². The third-order valence-corrected chi connectivity index (χ3v) is 6.86. The van der Waals surface area contributed by atoms with Crippen LogP contribution in [0.15, 0.2) is 82.1 Å². The van der Waals surface area contributed by atoms with E-state index >= 15 is 0 Å². The van der Waals surface area contributed by atoms with Crippen molar-refractivity contribution in [2.45, 2.75) is 11.0 Å². The normalized spacial score (nSPS) is 14.2. The minimum Gasteiger partial charge on any atom is -0.497 e. The summed E-state index contributed by atoms with van der Waals surface area (Å²) in [6.45, 7) is -0.00533. The number of esters is 1. The van der Waals surface area contributed by atoms with Gasteiger partial charge in [0.05, 0.1) is 24.1 Å². The lowest BCUT2D eigenvalue weighted by molar-refractivity contribution is -0.384. The Bertz CT molecular complexity index is 1440. The van der Waals surface area contributed by atoms with Crippen molar-refractivity contribution < 1.29 is 32.3 Å². The average molecular weight is 526 g/mol. The van der Waals surface area contributed by atoms with E-state index in [9.17, 15) is 23.3 Å². The molecule has 0 amide bonds. The number of amidine groups is 1. The lowest BCUT2D eigenvalue weighted by Gasteiger charge is -2.26. The van der Waals surface area contributed by atoms with Crippen LogP contribution in [0.25, 0.3) is 0 Å². The number of nitro benzene ring substituents is 1. The lowest BCUT2D eigenvalue weighted by atomic mass is 10.2. The van der Waals surface area contributed by atoms with Crippen LogP contribution in [0, 0.1) is 10.1 Å². The van der Waals surface area contributed by atoms with Crippen LogP contribution in [0.5, 0.6) is 11.5 Å². The average Bonchev–Trinajstić information content (AvgIpc) is 3.18. The number of carbonyl (C=O) groups is 1. The van der Waals surface area contributed by atoms with Gasteiger partial charge in [-0.25, -0.2) is 4.79 Å². The van der Waals surface area contributed by atoms with Crippen LogP contribution >= 0.6 is 0 Å². The van der Waals surface area contributed by atoms with E-state index in [1.54, 1.807) is 61.5 Å². The summed E-state index contributed by atoms with van der Waals surface area (Å²) in [4.78, 5) is 24.8. The van der Waals surface area contributed by atoms with Crippen molar-refractivity contribution >= 4 is 27.5 Å². The lowest BCUT2D eigenvalue weighted by Crippen LogP contribution is -2.39. The van der Waals surface area contributed by atoms with Gasteiger partial charge in [0.25, 0.3) is 15.7 Å². The molecule has 0 N–H and O–H groups in total. The van der Waals surface area contributed by atoms with Gasteiger partial charge in [0.1, 0.15) is 23.0 Å². The molecule has 1 heterocycles. The van der Waals surface area contributed by atoms with Gasteiger partial charge in [0.15, 0.2) is 11.9 Å². The number of rotatable bonds is 9. The predicted molar refractivity (Wildman–Crippen MR) is 134 cm³/mol. The van der Waals surface area contributed by atoms with E-state index in [2.05, 4.69) is 4.40 Å². The van der Waals surface area contributed by atoms with Gasteiger partial charge < -0.3 is 19.1 Å². The predicted octanol–water partition coefficient (Wildman–Crippen LogP) is 3.29. The fourth-order valence-corrected chi connectivity index (χ4v) is 4.93. The first-order chi connectivity index (χ1) is 17.7. The summed E-state index contributed by atoms with van der Waals surface area (Å²) in [6, 6.07) is 18.3. The Morgan fingerprint density at radius 2 is 1.68 bits per heavy atom. The summed E-state index contributed by atoms with van der Waals surface area (Å²) in [7, 11) is -0.654. The van der Waals surface area contributed by atoms with Crippen LogP contribution in [-0.4, -0.2) is 63.5 Å². The first-order valence-corrected chi connectivity index (χ1v) is 12.5. The molecule has 37 heavy (non-hydrogen) atoms. The second kappa shape index (κ2) is 10.7. The Morgan fingerprint density at radius 3 is 2.32 bits per heavy atom. The van der Waals surface area contributed by atoms with E-state index < -0.39 is 27.0 Å². The Kier molecular flexibility index (Phi) is 7.39. The largest absolute Gasteiger partial charge is 0.497 e. The minimum atomic E-state index is -3.83. The number of likely N-dealkylation sites (N-methyl/N-ethyl adjacent to an activating group) is 1. The van der Waals surface area contributed by atoms with E-state index in [0.717, 1.165) is 0 Å². The Balaban J connectivity index is 1.53. The van der Waals surface area contributed by atoms with Crippen LogP contribution in [0.2, 0.25) is 0 Å². The van der Waals surface area contributed by atoms with Crippen molar-refractivity contribution in [3.05, 3.63) is 94.0 Å². The molecular weight excluding hydrogens is 502 g/mol. The molecule has 11 nitrogen and oxygen atoms in total. The van der Waals surface area contributed by atoms with Crippen molar-refractivity contribution in [2.75, 3.05) is 27.3 Å². The Hall–Kier alpha value is -4.45. The third kappa shape index (κ3) is 5.86. The molecule has 4 rings (SSSR count). The van der Waals surface area contributed by atoms with Crippen LogP contribution in [0.3, 0.4) is 0 Å². The molecule has 0 saturated carbocycles. The number of nitro groups is 1. The Morgan fingerprint density at radius 1 is 1.03 bits per heavy atom. The number of hydrogen-bond acceptors (Lipinski definition) is 9. The molecule has 0 saturated heterocycles. The van der Waals surface area contributed by atoms with Gasteiger partial charge >= 0.3 is 5.97 Å². The van der Waals surface area contributed by atoms with Crippen LogP contribution in [0.1, 0.15) is 15.9 Å². The van der Waals surface area contributed by atoms with Crippen LogP contribution < -0.4 is 9.47 Å². The van der Waals surface area contributed by atoms with Gasteiger partial charge in [0.2, 0.25) is 0 Å². The molecule has 12 heteroatoms. The highest BCUT2D eigenvalue weighted by Gasteiger charge is 2.32. The molecule has 3 aromatic rings. The first-order valence-electron chi connectivity index (χ1n) is 11.1. The van der Waals surface area contributed by atoms with Gasteiger partial charge in [-0.15, -0.1) is 4.40 Å².